The topological polar surface area (TPSA) is 124 Å². The Morgan fingerprint density at radius 2 is 0.888 bits per heavy atom. The van der Waals surface area contributed by atoms with E-state index < -0.39 is 33.0 Å². The summed E-state index contributed by atoms with van der Waals surface area (Å²) >= 11 is 0. The Balaban J connectivity index is 0.000000364. The van der Waals surface area contributed by atoms with E-state index in [4.69, 9.17) is 24.2 Å². The molecule has 15 heteroatoms. The lowest BCUT2D eigenvalue weighted by Crippen LogP contribution is -2.33. The average Bonchev–Trinajstić information content (AvgIpc) is 1.09. The molecule has 1 N–H and O–H groups in total. The van der Waals surface area contributed by atoms with Crippen molar-refractivity contribution < 1.29 is 59.2 Å². The monoisotopic (exact) mass is 1260 g/mol. The second kappa shape index (κ2) is 35.1. The van der Waals surface area contributed by atoms with Gasteiger partial charge in [-0.2, -0.15) is 14.0 Å². The predicted octanol–water partition coefficient (Wildman–Crippen LogP) is 21.3. The van der Waals surface area contributed by atoms with Gasteiger partial charge in [0, 0.05) is 13.8 Å². The molecule has 0 radical (unpaired) electrons. The molecule has 0 aromatic heterocycles. The van der Waals surface area contributed by atoms with E-state index in [0.29, 0.717) is 40.9 Å². The number of aliphatic hydroxyl groups is 1. The van der Waals surface area contributed by atoms with Crippen LogP contribution < -0.4 is 23.7 Å². The van der Waals surface area contributed by atoms with Crippen LogP contribution in [0.1, 0.15) is 243 Å². The fourth-order valence-electron chi connectivity index (χ4n) is 8.57. The molecule has 1 unspecified atom stereocenters. The van der Waals surface area contributed by atoms with E-state index in [1.54, 1.807) is 49.6 Å². The number of nitriles is 1. The standard InChI is InChI=1S/C14H22O2.C13H17NO.C13H18O.C12H16F2O.C11H14F2O.C11H15FO2S/c1-10(2)11-7-8-12(13(9-11)15-6)16-14(3,4)5;1-9(2)11-5-6-13(15-10(3)4)12(7-11)8-14;1-10(2)11-4-6-12(7-5-11)13(14)8-3-9-13;1-8(2)9-5-6-11(15-4)10(7-9)12(3,13)14;1-8(2)9-4-6-10(7-5-9)14-11(3,12)13;1-8(2)10-4-6-11(7-5-10)15(13,14)9(3)12/h7-10H,1-6H3;5-7,9-10H,1-4H3;4-7,10,14H,3,8-9H2,1-2H3;5-8H,1-4H3;4-8H,1-3H3;4-9H,1-3H3. The van der Waals surface area contributed by atoms with Crippen LogP contribution in [-0.4, -0.2) is 51.1 Å². The summed E-state index contributed by atoms with van der Waals surface area (Å²) in [6, 6.07) is 40.5. The third kappa shape index (κ3) is 26.8. The Morgan fingerprint density at radius 3 is 1.24 bits per heavy atom. The van der Waals surface area contributed by atoms with Crippen LogP contribution >= 0.6 is 0 Å². The van der Waals surface area contributed by atoms with Gasteiger partial charge >= 0.3 is 6.11 Å². The van der Waals surface area contributed by atoms with E-state index in [-0.39, 0.29) is 39.6 Å². The van der Waals surface area contributed by atoms with E-state index >= 15 is 0 Å². The van der Waals surface area contributed by atoms with E-state index in [9.17, 15) is 35.5 Å². The average molecular weight is 1260 g/mol. The maximum absolute atomic E-state index is 13.3. The van der Waals surface area contributed by atoms with E-state index in [0.717, 1.165) is 73.8 Å². The highest BCUT2D eigenvalue weighted by Gasteiger charge is 2.36. The van der Waals surface area contributed by atoms with Gasteiger partial charge in [0.2, 0.25) is 15.3 Å². The normalized spacial score (nSPS) is 13.2. The summed E-state index contributed by atoms with van der Waals surface area (Å²) in [6.07, 6.45) is -0.00824. The lowest BCUT2D eigenvalue weighted by atomic mass is 9.75. The second-order valence-corrected chi connectivity index (χ2v) is 27.8. The molecule has 0 heterocycles. The summed E-state index contributed by atoms with van der Waals surface area (Å²) in [6.45, 7) is 37.6. The zero-order chi connectivity index (χ0) is 68.0. The number of methoxy groups -OCH3 is 2. The molecule has 492 valence electrons. The number of sulfone groups is 1. The number of halogens is 5. The second-order valence-electron chi connectivity index (χ2n) is 25.6. The molecule has 9 nitrogen and oxygen atoms in total. The van der Waals surface area contributed by atoms with Gasteiger partial charge in [0.25, 0.3) is 5.92 Å². The minimum Gasteiger partial charge on any atom is -0.496 e. The molecule has 1 fully saturated rings. The van der Waals surface area contributed by atoms with Crippen molar-refractivity contribution in [2.75, 3.05) is 14.2 Å². The molecule has 89 heavy (non-hydrogen) atoms. The molecule has 1 aliphatic rings. The molecule has 0 saturated heterocycles. The van der Waals surface area contributed by atoms with Crippen LogP contribution in [0.15, 0.2) is 132 Å². The van der Waals surface area contributed by atoms with Crippen LogP contribution in [0.4, 0.5) is 22.0 Å². The van der Waals surface area contributed by atoms with Crippen LogP contribution in [0.25, 0.3) is 0 Å². The van der Waals surface area contributed by atoms with Gasteiger partial charge in [-0.25, -0.2) is 21.6 Å². The zero-order valence-electron chi connectivity index (χ0n) is 56.9. The molecule has 7 rings (SSSR count). The zero-order valence-corrected chi connectivity index (χ0v) is 57.7. The molecular formula is C74H102F5NO8S. The maximum Gasteiger partial charge on any atom is 0.394 e. The summed E-state index contributed by atoms with van der Waals surface area (Å²) in [4.78, 5) is 0.0434. The molecule has 1 aliphatic carbocycles. The molecule has 6 aromatic rings. The van der Waals surface area contributed by atoms with Crippen LogP contribution in [0.5, 0.6) is 28.7 Å². The summed E-state index contributed by atoms with van der Waals surface area (Å²) < 4.78 is 113. The molecule has 1 atom stereocenters. The summed E-state index contributed by atoms with van der Waals surface area (Å²) in [5.41, 5.74) is 5.92. The van der Waals surface area contributed by atoms with Crippen molar-refractivity contribution in [1.82, 2.24) is 0 Å². The van der Waals surface area contributed by atoms with Crippen LogP contribution in [-0.2, 0) is 21.4 Å². The number of nitrogens with zero attached hydrogens (tertiary/aromatic N) is 1. The van der Waals surface area contributed by atoms with Crippen LogP contribution in [0.2, 0.25) is 0 Å². The highest BCUT2D eigenvalue weighted by Crippen LogP contribution is 2.41. The minimum atomic E-state index is -3.79. The van der Waals surface area contributed by atoms with Gasteiger partial charge in [-0.3, -0.25) is 0 Å². The number of rotatable bonds is 17. The van der Waals surface area contributed by atoms with Crippen molar-refractivity contribution in [2.45, 2.75) is 233 Å². The number of ether oxygens (including phenoxy) is 5. The third-order valence-electron chi connectivity index (χ3n) is 14.2. The van der Waals surface area contributed by atoms with E-state index in [1.807, 2.05) is 113 Å². The molecular weight excluding hydrogens is 1160 g/mol. The smallest absolute Gasteiger partial charge is 0.394 e. The van der Waals surface area contributed by atoms with Crippen LogP contribution in [0.3, 0.4) is 0 Å². The SMILES string of the molecule is CC(C)Oc1ccc(C(C)C)cc1C#N.CC(C)c1ccc(C2(O)CCC2)cc1.CC(C)c1ccc(OC(C)(F)F)cc1.CC(C)c1ccc(S(=O)(=O)C(C)F)cc1.COc1cc(C(C)C)ccc1OC(C)(C)C.COc1ccc(C(C)C)cc1C(C)(F)F. The fourth-order valence-corrected chi connectivity index (χ4v) is 9.46. The number of hydrogen-bond acceptors (Lipinski definition) is 9. The Kier molecular flexibility index (Phi) is 30.9. The number of alkyl halides is 5. The van der Waals surface area contributed by atoms with Crippen molar-refractivity contribution in [3.63, 3.8) is 0 Å². The predicted molar refractivity (Wildman–Crippen MR) is 353 cm³/mol. The summed E-state index contributed by atoms with van der Waals surface area (Å²) in [7, 11) is -0.708. The van der Waals surface area contributed by atoms with Crippen molar-refractivity contribution >= 4 is 9.84 Å². The van der Waals surface area contributed by atoms with Crippen molar-refractivity contribution in [2.24, 2.45) is 0 Å². The molecule has 0 bridgehead atoms. The van der Waals surface area contributed by atoms with Gasteiger partial charge in [0.05, 0.1) is 41.9 Å². The van der Waals surface area contributed by atoms with Gasteiger partial charge in [-0.1, -0.05) is 150 Å². The Labute approximate surface area is 531 Å². The molecule has 0 aliphatic heterocycles. The first-order valence-electron chi connectivity index (χ1n) is 30.7. The van der Waals surface area contributed by atoms with E-state index in [1.165, 1.54) is 42.0 Å². The quantitative estimate of drug-likeness (QED) is 0.0889. The minimum absolute atomic E-state index is 0.0434. The molecule has 6 aromatic carbocycles. The number of benzene rings is 6. The van der Waals surface area contributed by atoms with Gasteiger partial charge < -0.3 is 28.8 Å². The first kappa shape index (κ1) is 78.5. The molecule has 0 spiro atoms. The van der Waals surface area contributed by atoms with Crippen molar-refractivity contribution in [1.29, 1.82) is 5.26 Å². The first-order chi connectivity index (χ1) is 41.1. The van der Waals surface area contributed by atoms with Gasteiger partial charge in [-0.05, 0) is 196 Å². The lowest BCUT2D eigenvalue weighted by molar-refractivity contribution is -0.158. The first-order valence-corrected chi connectivity index (χ1v) is 32.2. The van der Waals surface area contributed by atoms with Crippen molar-refractivity contribution in [3.05, 3.63) is 177 Å². The maximum atomic E-state index is 13.3. The summed E-state index contributed by atoms with van der Waals surface area (Å²) in [5.74, 6) is 2.33. The molecule has 0 amide bonds. The summed E-state index contributed by atoms with van der Waals surface area (Å²) in [5, 5.41) is 19.1. The third-order valence-corrected chi connectivity index (χ3v) is 16.0. The van der Waals surface area contributed by atoms with Crippen molar-refractivity contribution in [3.8, 4) is 34.8 Å². The van der Waals surface area contributed by atoms with Gasteiger partial charge in [-0.15, -0.1) is 0 Å². The van der Waals surface area contributed by atoms with Gasteiger partial charge in [0.1, 0.15) is 28.9 Å². The highest BCUT2D eigenvalue weighted by molar-refractivity contribution is 7.91. The Hall–Kier alpha value is -6.63. The fraction of sp³-hybridized carbons (Fsp3) is 0.500. The Morgan fingerprint density at radius 1 is 0.506 bits per heavy atom. The van der Waals surface area contributed by atoms with Crippen LogP contribution in [0, 0.1) is 11.3 Å². The van der Waals surface area contributed by atoms with Gasteiger partial charge in [0.15, 0.2) is 11.5 Å². The molecule has 1 saturated carbocycles. The van der Waals surface area contributed by atoms with E-state index in [2.05, 4.69) is 82.7 Å². The largest absolute Gasteiger partial charge is 0.496 e. The lowest BCUT2D eigenvalue weighted by Gasteiger charge is -2.37. The number of hydrogen-bond donors (Lipinski definition) is 1. The Bertz CT molecular complexity index is 3200. The highest BCUT2D eigenvalue weighted by atomic mass is 32.2.